The van der Waals surface area contributed by atoms with Crippen molar-refractivity contribution >= 4 is 5.91 Å². The van der Waals surface area contributed by atoms with Crippen LogP contribution in [0.25, 0.3) is 16.9 Å². The molecule has 7 nitrogen and oxygen atoms in total. The van der Waals surface area contributed by atoms with Gasteiger partial charge in [0.25, 0.3) is 5.91 Å². The monoisotopic (exact) mass is 403 g/mol. The number of carbonyl (C=O) groups excluding carboxylic acids is 1. The van der Waals surface area contributed by atoms with Crippen molar-refractivity contribution in [2.75, 3.05) is 7.11 Å². The van der Waals surface area contributed by atoms with Crippen LogP contribution in [0.5, 0.6) is 5.75 Å². The van der Waals surface area contributed by atoms with E-state index in [0.29, 0.717) is 17.0 Å². The molecule has 30 heavy (non-hydrogen) atoms. The molecule has 1 N–H and O–H groups in total. The minimum atomic E-state index is -0.478. The van der Waals surface area contributed by atoms with Gasteiger partial charge in [-0.2, -0.15) is 0 Å². The van der Waals surface area contributed by atoms with E-state index < -0.39 is 11.7 Å². The maximum atomic E-state index is 14.4. The molecule has 0 bridgehead atoms. The summed E-state index contributed by atoms with van der Waals surface area (Å²) in [5, 5.41) is 10.9. The lowest BCUT2D eigenvalue weighted by atomic mass is 10.1. The van der Waals surface area contributed by atoms with E-state index in [0.717, 1.165) is 5.56 Å². The highest BCUT2D eigenvalue weighted by atomic mass is 19.1. The van der Waals surface area contributed by atoms with Gasteiger partial charge < -0.3 is 10.1 Å². The van der Waals surface area contributed by atoms with Gasteiger partial charge in [0.1, 0.15) is 22.9 Å². The van der Waals surface area contributed by atoms with Crippen molar-refractivity contribution in [3.05, 3.63) is 90.1 Å². The van der Waals surface area contributed by atoms with Crippen molar-refractivity contribution in [1.82, 2.24) is 25.3 Å². The number of amides is 1. The second-order valence-corrected chi connectivity index (χ2v) is 6.39. The summed E-state index contributed by atoms with van der Waals surface area (Å²) >= 11 is 0. The largest absolute Gasteiger partial charge is 0.496 e. The van der Waals surface area contributed by atoms with Gasteiger partial charge >= 0.3 is 0 Å². The van der Waals surface area contributed by atoms with Gasteiger partial charge in [0, 0.05) is 30.1 Å². The summed E-state index contributed by atoms with van der Waals surface area (Å²) in [6, 6.07) is 17.0. The Labute approximate surface area is 172 Å². The number of hydrogen-bond acceptors (Lipinski definition) is 5. The Kier molecular flexibility index (Phi) is 5.47. The van der Waals surface area contributed by atoms with E-state index in [1.165, 1.54) is 10.7 Å². The van der Waals surface area contributed by atoms with Crippen molar-refractivity contribution in [2.45, 2.75) is 6.54 Å². The Hall–Kier alpha value is -4.07. The molecule has 0 radical (unpaired) electrons. The van der Waals surface area contributed by atoms with Crippen LogP contribution in [0.1, 0.15) is 16.1 Å². The fourth-order valence-electron chi connectivity index (χ4n) is 3.10. The van der Waals surface area contributed by atoms with E-state index in [1.807, 2.05) is 24.3 Å². The van der Waals surface area contributed by atoms with E-state index >= 15 is 0 Å². The van der Waals surface area contributed by atoms with Gasteiger partial charge in [-0.1, -0.05) is 35.5 Å². The smallest absolute Gasteiger partial charge is 0.274 e. The van der Waals surface area contributed by atoms with Gasteiger partial charge in [-0.3, -0.25) is 9.78 Å². The van der Waals surface area contributed by atoms with Crippen LogP contribution in [0.3, 0.4) is 0 Å². The molecule has 0 aliphatic heterocycles. The van der Waals surface area contributed by atoms with Crippen molar-refractivity contribution in [1.29, 1.82) is 0 Å². The summed E-state index contributed by atoms with van der Waals surface area (Å²) < 4.78 is 21.0. The molecular weight excluding hydrogens is 385 g/mol. The van der Waals surface area contributed by atoms with Crippen molar-refractivity contribution in [2.24, 2.45) is 0 Å². The van der Waals surface area contributed by atoms with Crippen molar-refractivity contribution in [3.63, 3.8) is 0 Å². The molecule has 150 valence electrons. The number of ether oxygens (including phenoxy) is 1. The van der Waals surface area contributed by atoms with Crippen LogP contribution in [-0.4, -0.2) is 33.0 Å². The fraction of sp³-hybridized carbons (Fsp3) is 0.0909. The predicted molar refractivity (Wildman–Crippen MR) is 109 cm³/mol. The zero-order valence-electron chi connectivity index (χ0n) is 16.1. The average Bonchev–Trinajstić information content (AvgIpc) is 3.23. The molecule has 0 saturated heterocycles. The summed E-state index contributed by atoms with van der Waals surface area (Å²) in [4.78, 5) is 17.1. The van der Waals surface area contributed by atoms with Crippen molar-refractivity contribution < 1.29 is 13.9 Å². The molecule has 0 unspecified atom stereocenters. The molecule has 0 fully saturated rings. The van der Waals surface area contributed by atoms with Gasteiger partial charge in [0.15, 0.2) is 5.69 Å². The van der Waals surface area contributed by atoms with Crippen LogP contribution < -0.4 is 10.1 Å². The number of nitrogens with zero attached hydrogens (tertiary/aromatic N) is 4. The number of nitrogens with one attached hydrogen (secondary N) is 1. The van der Waals surface area contributed by atoms with E-state index in [4.69, 9.17) is 4.74 Å². The first kappa shape index (κ1) is 19.3. The molecule has 4 aromatic rings. The second kappa shape index (κ2) is 8.52. The van der Waals surface area contributed by atoms with Crippen LogP contribution in [0, 0.1) is 5.82 Å². The summed E-state index contributed by atoms with van der Waals surface area (Å²) in [6.07, 6.45) is 3.19. The Morgan fingerprint density at radius 1 is 1.10 bits per heavy atom. The maximum Gasteiger partial charge on any atom is 0.274 e. The molecule has 2 aromatic heterocycles. The quantitative estimate of drug-likeness (QED) is 0.534. The molecule has 0 aliphatic rings. The zero-order valence-corrected chi connectivity index (χ0v) is 16.1. The molecule has 0 spiro atoms. The number of pyridine rings is 1. The number of benzene rings is 2. The van der Waals surface area contributed by atoms with Crippen LogP contribution in [0.4, 0.5) is 4.39 Å². The number of para-hydroxylation sites is 2. The SMILES string of the molecule is COc1ccccc1CNC(=O)c1nnn(-c2ccccc2F)c1-c1cccnc1. The third-order valence-corrected chi connectivity index (χ3v) is 4.53. The van der Waals surface area contributed by atoms with Crippen molar-refractivity contribution in [3.8, 4) is 22.7 Å². The summed E-state index contributed by atoms with van der Waals surface area (Å²) in [5.41, 5.74) is 2.02. The topological polar surface area (TPSA) is 81.9 Å². The number of aromatic nitrogens is 4. The van der Waals surface area contributed by atoms with Crippen LogP contribution in [0.2, 0.25) is 0 Å². The molecular formula is C22H18FN5O2. The Morgan fingerprint density at radius 2 is 1.90 bits per heavy atom. The predicted octanol–water partition coefficient (Wildman–Crippen LogP) is 3.41. The van der Waals surface area contributed by atoms with Crippen LogP contribution in [-0.2, 0) is 6.54 Å². The number of hydrogen-bond donors (Lipinski definition) is 1. The lowest BCUT2D eigenvalue weighted by molar-refractivity contribution is 0.0946. The highest BCUT2D eigenvalue weighted by Crippen LogP contribution is 2.26. The Morgan fingerprint density at radius 3 is 2.67 bits per heavy atom. The van der Waals surface area contributed by atoms with Crippen LogP contribution in [0.15, 0.2) is 73.1 Å². The van der Waals surface area contributed by atoms with Gasteiger partial charge in [0.05, 0.1) is 7.11 Å². The van der Waals surface area contributed by atoms with E-state index in [2.05, 4.69) is 20.6 Å². The van der Waals surface area contributed by atoms with Crippen LogP contribution >= 0.6 is 0 Å². The minimum absolute atomic E-state index is 0.0705. The summed E-state index contributed by atoms with van der Waals surface area (Å²) in [7, 11) is 1.57. The molecule has 4 rings (SSSR count). The third kappa shape index (κ3) is 3.75. The highest BCUT2D eigenvalue weighted by Gasteiger charge is 2.23. The highest BCUT2D eigenvalue weighted by molar-refractivity contribution is 5.98. The molecule has 8 heteroatoms. The average molecular weight is 403 g/mol. The molecule has 0 atom stereocenters. The molecule has 1 amide bonds. The molecule has 0 saturated carbocycles. The number of rotatable bonds is 6. The molecule has 0 aliphatic carbocycles. The van der Waals surface area contributed by atoms with E-state index in [-0.39, 0.29) is 17.9 Å². The van der Waals surface area contributed by atoms with E-state index in [1.54, 1.807) is 49.8 Å². The summed E-state index contributed by atoms with van der Waals surface area (Å²) in [5.74, 6) is -0.254. The fourth-order valence-corrected chi connectivity index (χ4v) is 3.10. The zero-order chi connectivity index (χ0) is 20.9. The van der Waals surface area contributed by atoms with E-state index in [9.17, 15) is 9.18 Å². The summed E-state index contributed by atoms with van der Waals surface area (Å²) in [6.45, 7) is 0.238. The van der Waals surface area contributed by atoms with Gasteiger partial charge in [-0.05, 0) is 30.3 Å². The first-order chi connectivity index (χ1) is 14.7. The normalized spacial score (nSPS) is 10.6. The van der Waals surface area contributed by atoms with Gasteiger partial charge in [-0.25, -0.2) is 9.07 Å². The first-order valence-corrected chi connectivity index (χ1v) is 9.20. The maximum absolute atomic E-state index is 14.4. The Balaban J connectivity index is 1.71. The lowest BCUT2D eigenvalue weighted by Crippen LogP contribution is -2.24. The number of halogens is 1. The third-order valence-electron chi connectivity index (χ3n) is 4.53. The Bertz CT molecular complexity index is 1180. The lowest BCUT2D eigenvalue weighted by Gasteiger charge is -2.10. The number of methoxy groups -OCH3 is 1. The number of carbonyl (C=O) groups is 1. The second-order valence-electron chi connectivity index (χ2n) is 6.39. The van der Waals surface area contributed by atoms with Gasteiger partial charge in [-0.15, -0.1) is 5.10 Å². The minimum Gasteiger partial charge on any atom is -0.496 e. The molecule has 2 aromatic carbocycles. The van der Waals surface area contributed by atoms with Gasteiger partial charge in [0.2, 0.25) is 0 Å². The first-order valence-electron chi connectivity index (χ1n) is 9.20. The molecule has 2 heterocycles. The standard InChI is InChI=1S/C22H18FN5O2/c1-30-19-11-5-2-7-15(19)14-25-22(29)20-21(16-8-6-12-24-13-16)28(27-26-20)18-10-4-3-9-17(18)23/h2-13H,14H2,1H3,(H,25,29).